The summed E-state index contributed by atoms with van der Waals surface area (Å²) in [6, 6.07) is 25.4. The van der Waals surface area contributed by atoms with E-state index in [9.17, 15) is 8.42 Å². The largest absolute Gasteiger partial charge is 0.311 e. The Hall–Kier alpha value is -2.63. The van der Waals surface area contributed by atoms with Gasteiger partial charge in [-0.3, -0.25) is 4.55 Å². The molecular formula is C28H35NO3S. The minimum atomic E-state index is -3.97. The summed E-state index contributed by atoms with van der Waals surface area (Å²) in [6.45, 7) is 4.42. The van der Waals surface area contributed by atoms with Crippen LogP contribution in [-0.2, 0) is 29.4 Å². The van der Waals surface area contributed by atoms with E-state index in [1.165, 1.54) is 36.8 Å². The molecule has 33 heavy (non-hydrogen) atoms. The van der Waals surface area contributed by atoms with Gasteiger partial charge in [0.05, 0.1) is 5.75 Å². The Morgan fingerprint density at radius 2 is 0.939 bits per heavy atom. The average molecular weight is 466 g/mol. The van der Waals surface area contributed by atoms with Crippen LogP contribution in [0.25, 0.3) is 0 Å². The fraction of sp³-hybridized carbons (Fsp3) is 0.357. The summed E-state index contributed by atoms with van der Waals surface area (Å²) in [4.78, 5) is 2.22. The molecule has 0 saturated heterocycles. The van der Waals surface area contributed by atoms with Crippen molar-refractivity contribution < 1.29 is 13.0 Å². The van der Waals surface area contributed by atoms with Crippen LogP contribution >= 0.6 is 0 Å². The molecule has 3 rings (SSSR count). The Bertz CT molecular complexity index is 1040. The van der Waals surface area contributed by atoms with Crippen LogP contribution < -0.4 is 4.90 Å². The SMILES string of the molecule is CCCCc1ccc(N(c2ccc(CCCC)cc2)c2ccc(CCS(=O)(=O)O)cc2)cc1. The van der Waals surface area contributed by atoms with E-state index in [-0.39, 0.29) is 12.2 Å². The molecule has 1 N–H and O–H groups in total. The first-order chi connectivity index (χ1) is 15.9. The van der Waals surface area contributed by atoms with Crippen LogP contribution in [0.2, 0.25) is 0 Å². The van der Waals surface area contributed by atoms with Crippen molar-refractivity contribution in [3.63, 3.8) is 0 Å². The molecule has 0 heterocycles. The van der Waals surface area contributed by atoms with Crippen LogP contribution in [0.3, 0.4) is 0 Å². The normalized spacial score (nSPS) is 11.5. The van der Waals surface area contributed by atoms with Crippen molar-refractivity contribution in [3.8, 4) is 0 Å². The van der Waals surface area contributed by atoms with Gasteiger partial charge < -0.3 is 4.90 Å². The molecule has 0 unspecified atom stereocenters. The maximum Gasteiger partial charge on any atom is 0.265 e. The predicted molar refractivity (Wildman–Crippen MR) is 138 cm³/mol. The smallest absolute Gasteiger partial charge is 0.265 e. The third-order valence-electron chi connectivity index (χ3n) is 5.87. The van der Waals surface area contributed by atoms with Gasteiger partial charge in [0.15, 0.2) is 0 Å². The molecule has 3 aromatic rings. The molecule has 0 aliphatic heterocycles. The van der Waals surface area contributed by atoms with Gasteiger partial charge in [-0.25, -0.2) is 0 Å². The van der Waals surface area contributed by atoms with Gasteiger partial charge in [-0.2, -0.15) is 8.42 Å². The summed E-state index contributed by atoms with van der Waals surface area (Å²) in [5.74, 6) is -0.269. The van der Waals surface area contributed by atoms with Crippen molar-refractivity contribution >= 4 is 27.2 Å². The molecule has 0 radical (unpaired) electrons. The van der Waals surface area contributed by atoms with Crippen molar-refractivity contribution in [1.29, 1.82) is 0 Å². The van der Waals surface area contributed by atoms with Crippen LogP contribution in [-0.4, -0.2) is 18.7 Å². The van der Waals surface area contributed by atoms with Crippen molar-refractivity contribution in [2.45, 2.75) is 58.8 Å². The number of unbranched alkanes of at least 4 members (excludes halogenated alkanes) is 2. The number of rotatable bonds is 12. The minimum absolute atomic E-state index is 0.269. The fourth-order valence-corrected chi connectivity index (χ4v) is 4.38. The number of nitrogens with zero attached hydrogens (tertiary/aromatic N) is 1. The van der Waals surface area contributed by atoms with Crippen LogP contribution in [0.4, 0.5) is 17.1 Å². The lowest BCUT2D eigenvalue weighted by atomic mass is 10.1. The molecule has 0 aliphatic carbocycles. The third kappa shape index (κ3) is 7.72. The maximum atomic E-state index is 11.1. The van der Waals surface area contributed by atoms with E-state index in [4.69, 9.17) is 4.55 Å². The van der Waals surface area contributed by atoms with Gasteiger partial charge in [0, 0.05) is 17.1 Å². The highest BCUT2D eigenvalue weighted by Crippen LogP contribution is 2.35. The molecule has 0 aliphatic rings. The zero-order chi connectivity index (χ0) is 23.7. The quantitative estimate of drug-likeness (QED) is 0.286. The van der Waals surface area contributed by atoms with Gasteiger partial charge in [0.1, 0.15) is 0 Å². The van der Waals surface area contributed by atoms with Gasteiger partial charge >= 0.3 is 0 Å². The Labute approximate surface area is 199 Å². The first kappa shape index (κ1) is 25.0. The van der Waals surface area contributed by atoms with Crippen LogP contribution in [0.5, 0.6) is 0 Å². The zero-order valence-electron chi connectivity index (χ0n) is 19.7. The van der Waals surface area contributed by atoms with Gasteiger partial charge in [0.2, 0.25) is 0 Å². The summed E-state index contributed by atoms with van der Waals surface area (Å²) in [5, 5.41) is 0. The molecule has 0 fully saturated rings. The highest BCUT2D eigenvalue weighted by molar-refractivity contribution is 7.85. The lowest BCUT2D eigenvalue weighted by Gasteiger charge is -2.26. The summed E-state index contributed by atoms with van der Waals surface area (Å²) in [5.41, 5.74) is 6.74. The second-order valence-corrected chi connectivity index (χ2v) is 10.1. The van der Waals surface area contributed by atoms with E-state index in [2.05, 4.69) is 67.3 Å². The molecule has 0 bridgehead atoms. The molecule has 5 heteroatoms. The number of anilines is 3. The lowest BCUT2D eigenvalue weighted by molar-refractivity contribution is 0.482. The van der Waals surface area contributed by atoms with Gasteiger partial charge in [-0.05, 0) is 85.2 Å². The molecule has 0 saturated carbocycles. The third-order valence-corrected chi connectivity index (χ3v) is 6.59. The molecule has 0 spiro atoms. The van der Waals surface area contributed by atoms with Gasteiger partial charge in [0.25, 0.3) is 10.1 Å². The van der Waals surface area contributed by atoms with E-state index in [1.807, 2.05) is 24.3 Å². The summed E-state index contributed by atoms with van der Waals surface area (Å²) in [6.07, 6.45) is 7.21. The first-order valence-electron chi connectivity index (χ1n) is 11.9. The topological polar surface area (TPSA) is 57.6 Å². The molecular weight excluding hydrogens is 430 g/mol. The summed E-state index contributed by atoms with van der Waals surface area (Å²) in [7, 11) is -3.97. The van der Waals surface area contributed by atoms with Crippen molar-refractivity contribution in [3.05, 3.63) is 89.5 Å². The van der Waals surface area contributed by atoms with Crippen molar-refractivity contribution in [1.82, 2.24) is 0 Å². The average Bonchev–Trinajstić information content (AvgIpc) is 2.82. The highest BCUT2D eigenvalue weighted by Gasteiger charge is 2.13. The molecule has 0 atom stereocenters. The Morgan fingerprint density at radius 1 is 0.606 bits per heavy atom. The summed E-state index contributed by atoms with van der Waals surface area (Å²) >= 11 is 0. The first-order valence-corrected chi connectivity index (χ1v) is 13.5. The van der Waals surface area contributed by atoms with E-state index >= 15 is 0 Å². The number of benzene rings is 3. The molecule has 0 amide bonds. The van der Waals surface area contributed by atoms with Crippen LogP contribution in [0.1, 0.15) is 56.2 Å². The molecule has 4 nitrogen and oxygen atoms in total. The van der Waals surface area contributed by atoms with Crippen LogP contribution in [0, 0.1) is 0 Å². The molecule has 176 valence electrons. The van der Waals surface area contributed by atoms with Crippen molar-refractivity contribution in [2.75, 3.05) is 10.7 Å². The van der Waals surface area contributed by atoms with E-state index in [0.29, 0.717) is 0 Å². The fourth-order valence-electron chi connectivity index (χ4n) is 3.89. The minimum Gasteiger partial charge on any atom is -0.311 e. The number of hydrogen-bond donors (Lipinski definition) is 1. The van der Waals surface area contributed by atoms with E-state index < -0.39 is 10.1 Å². The monoisotopic (exact) mass is 465 g/mol. The van der Waals surface area contributed by atoms with E-state index in [1.54, 1.807) is 0 Å². The maximum absolute atomic E-state index is 11.1. The summed E-state index contributed by atoms with van der Waals surface area (Å²) < 4.78 is 31.2. The Kier molecular flexibility index (Phi) is 9.10. The zero-order valence-corrected chi connectivity index (χ0v) is 20.5. The highest BCUT2D eigenvalue weighted by atomic mass is 32.2. The second kappa shape index (κ2) is 12.0. The van der Waals surface area contributed by atoms with Gasteiger partial charge in [-0.15, -0.1) is 0 Å². The lowest BCUT2D eigenvalue weighted by Crippen LogP contribution is -2.11. The molecule has 0 aromatic heterocycles. The standard InChI is InChI=1S/C28H35NO3S/c1-3-5-7-23-9-15-26(16-10-23)29(27-17-11-24(12-18-27)8-6-4-2)28-19-13-25(14-20-28)21-22-33(30,31)32/h9-20H,3-8,21-22H2,1-2H3,(H,30,31,32). The predicted octanol–water partition coefficient (Wildman–Crippen LogP) is 7.27. The van der Waals surface area contributed by atoms with E-state index in [0.717, 1.165) is 35.5 Å². The van der Waals surface area contributed by atoms with Crippen LogP contribution in [0.15, 0.2) is 72.8 Å². The van der Waals surface area contributed by atoms with Gasteiger partial charge in [-0.1, -0.05) is 63.1 Å². The Balaban J connectivity index is 1.90. The Morgan fingerprint density at radius 3 is 1.24 bits per heavy atom. The molecule has 3 aromatic carbocycles. The number of hydrogen-bond acceptors (Lipinski definition) is 3. The van der Waals surface area contributed by atoms with Crippen molar-refractivity contribution in [2.24, 2.45) is 0 Å². The number of aryl methyl sites for hydroxylation is 3. The second-order valence-electron chi connectivity index (χ2n) is 8.58.